The molecule has 114 valence electrons. The highest BCUT2D eigenvalue weighted by atomic mass is 16.2. The van der Waals surface area contributed by atoms with Crippen molar-refractivity contribution in [2.45, 2.75) is 32.6 Å². The molecule has 0 spiro atoms. The highest BCUT2D eigenvalue weighted by Gasteiger charge is 2.35. The Kier molecular flexibility index (Phi) is 5.08. The fraction of sp³-hybridized carbons (Fsp3) is 0.571. The van der Waals surface area contributed by atoms with Crippen LogP contribution in [-0.4, -0.2) is 21.8 Å². The van der Waals surface area contributed by atoms with Crippen molar-refractivity contribution >= 4 is 17.6 Å². The third kappa shape index (κ3) is 4.14. The second-order valence-corrected chi connectivity index (χ2v) is 5.60. The first kappa shape index (κ1) is 15.2. The lowest BCUT2D eigenvalue weighted by Crippen LogP contribution is -2.45. The van der Waals surface area contributed by atoms with Gasteiger partial charge in [0.2, 0.25) is 5.91 Å². The Morgan fingerprint density at radius 3 is 2.57 bits per heavy atom. The Morgan fingerprint density at radius 2 is 2.00 bits per heavy atom. The first-order valence-electron chi connectivity index (χ1n) is 7.19. The molecule has 21 heavy (non-hydrogen) atoms. The van der Waals surface area contributed by atoms with Gasteiger partial charge < -0.3 is 5.73 Å². The number of hydrogen-bond donors (Lipinski definition) is 3. The largest absolute Gasteiger partial charge is 0.369 e. The summed E-state index contributed by atoms with van der Waals surface area (Å²) in [6.07, 6.45) is 8.27. The maximum absolute atomic E-state index is 12.2. The lowest BCUT2D eigenvalue weighted by molar-refractivity contribution is -0.136. The van der Waals surface area contributed by atoms with E-state index < -0.39 is 17.7 Å². The number of aromatic nitrogens is 2. The fourth-order valence-electron chi connectivity index (χ4n) is 2.76. The molecule has 1 heterocycles. The molecule has 4 N–H and O–H groups in total. The van der Waals surface area contributed by atoms with Crippen molar-refractivity contribution in [2.24, 2.45) is 23.5 Å². The normalized spacial score (nSPS) is 23.1. The average molecular weight is 291 g/mol. The number of carbonyl (C=O) groups excluding carboxylic acids is 2. The molecule has 1 atom stereocenters. The molecule has 2 rings (SSSR count). The van der Waals surface area contributed by atoms with Gasteiger partial charge in [-0.15, -0.1) is 0 Å². The van der Waals surface area contributed by atoms with Gasteiger partial charge >= 0.3 is 0 Å². The molecule has 1 unspecified atom stereocenters. The second-order valence-electron chi connectivity index (χ2n) is 5.60. The average Bonchev–Trinajstić information content (AvgIpc) is 2.48. The van der Waals surface area contributed by atoms with Crippen LogP contribution in [0.1, 0.15) is 32.6 Å². The van der Waals surface area contributed by atoms with E-state index in [9.17, 15) is 9.59 Å². The number of nitrogens with one attached hydrogen (secondary N) is 2. The van der Waals surface area contributed by atoms with Gasteiger partial charge in [0.1, 0.15) is 5.92 Å². The molecule has 0 aromatic carbocycles. The molecule has 0 bridgehead atoms. The highest BCUT2D eigenvalue weighted by Crippen LogP contribution is 2.33. The lowest BCUT2D eigenvalue weighted by Gasteiger charge is -2.30. The second kappa shape index (κ2) is 7.01. The van der Waals surface area contributed by atoms with E-state index in [1.54, 1.807) is 0 Å². The van der Waals surface area contributed by atoms with Crippen molar-refractivity contribution in [3.8, 4) is 0 Å². The number of primary amides is 1. The molecule has 1 aromatic rings. The van der Waals surface area contributed by atoms with Gasteiger partial charge in [-0.1, -0.05) is 19.8 Å². The summed E-state index contributed by atoms with van der Waals surface area (Å²) < 4.78 is 0. The van der Waals surface area contributed by atoms with E-state index in [0.717, 1.165) is 25.7 Å². The molecule has 1 saturated carbocycles. The smallest absolute Gasteiger partial charge is 0.251 e. The minimum absolute atomic E-state index is 0.0161. The van der Waals surface area contributed by atoms with Crippen molar-refractivity contribution in [1.82, 2.24) is 15.4 Å². The number of carbonyl (C=O) groups is 2. The number of rotatable bonds is 5. The summed E-state index contributed by atoms with van der Waals surface area (Å²) in [6.45, 7) is 2.19. The van der Waals surface area contributed by atoms with Crippen LogP contribution in [0.5, 0.6) is 0 Å². The van der Waals surface area contributed by atoms with Crippen molar-refractivity contribution < 1.29 is 9.59 Å². The van der Waals surface area contributed by atoms with Crippen LogP contribution in [0, 0.1) is 17.8 Å². The molecule has 1 aliphatic rings. The lowest BCUT2D eigenvalue weighted by atomic mass is 9.76. The van der Waals surface area contributed by atoms with Crippen molar-refractivity contribution in [1.29, 1.82) is 0 Å². The quantitative estimate of drug-likeness (QED) is 0.550. The van der Waals surface area contributed by atoms with E-state index in [4.69, 9.17) is 5.73 Å². The highest BCUT2D eigenvalue weighted by molar-refractivity contribution is 6.00. The molecule has 0 aliphatic heterocycles. The number of hydrogen-bond acceptors (Lipinski definition) is 5. The summed E-state index contributed by atoms with van der Waals surface area (Å²) in [5, 5.41) is 0. The zero-order valence-corrected chi connectivity index (χ0v) is 12.1. The molecular formula is C14H21N5O2. The van der Waals surface area contributed by atoms with Crippen LogP contribution in [0.2, 0.25) is 0 Å². The third-order valence-electron chi connectivity index (χ3n) is 4.00. The maximum atomic E-state index is 12.2. The van der Waals surface area contributed by atoms with Gasteiger partial charge in [-0.3, -0.25) is 25.4 Å². The Balaban J connectivity index is 1.94. The Bertz CT molecular complexity index is 485. The van der Waals surface area contributed by atoms with Crippen LogP contribution >= 0.6 is 0 Å². The summed E-state index contributed by atoms with van der Waals surface area (Å²) in [6, 6.07) is 0. The molecular weight excluding hydrogens is 270 g/mol. The molecule has 0 saturated heterocycles. The topological polar surface area (TPSA) is 110 Å². The van der Waals surface area contributed by atoms with Gasteiger partial charge in [-0.25, -0.2) is 4.98 Å². The van der Waals surface area contributed by atoms with Gasteiger partial charge in [0.05, 0.1) is 6.20 Å². The van der Waals surface area contributed by atoms with Crippen molar-refractivity contribution in [3.63, 3.8) is 0 Å². The van der Waals surface area contributed by atoms with Crippen molar-refractivity contribution in [3.05, 3.63) is 18.6 Å². The standard InChI is InChI=1S/C14H21N5O2/c1-9-2-4-10(5-3-9)12(13(15)20)14(21)19-18-11-8-16-6-7-17-11/h6-10,12H,2-5H2,1H3,(H2,15,20)(H,17,18)(H,19,21). The van der Waals surface area contributed by atoms with E-state index >= 15 is 0 Å². The van der Waals surface area contributed by atoms with Crippen LogP contribution in [0.4, 0.5) is 5.82 Å². The summed E-state index contributed by atoms with van der Waals surface area (Å²) in [4.78, 5) is 31.7. The molecule has 7 nitrogen and oxygen atoms in total. The Labute approximate surface area is 123 Å². The SMILES string of the molecule is CC1CCC(C(C(N)=O)C(=O)NNc2cnccn2)CC1. The van der Waals surface area contributed by atoms with Crippen LogP contribution < -0.4 is 16.6 Å². The third-order valence-corrected chi connectivity index (χ3v) is 4.00. The molecule has 1 aliphatic carbocycles. The maximum Gasteiger partial charge on any atom is 0.251 e. The van der Waals surface area contributed by atoms with Gasteiger partial charge in [0.25, 0.3) is 5.91 Å². The summed E-state index contributed by atoms with van der Waals surface area (Å²) >= 11 is 0. The van der Waals surface area contributed by atoms with E-state index in [0.29, 0.717) is 11.7 Å². The summed E-state index contributed by atoms with van der Waals surface area (Å²) in [5.74, 6) is -0.716. The van der Waals surface area contributed by atoms with Gasteiger partial charge in [-0.2, -0.15) is 0 Å². The first-order valence-corrected chi connectivity index (χ1v) is 7.19. The van der Waals surface area contributed by atoms with Crippen LogP contribution in [0.15, 0.2) is 18.6 Å². The van der Waals surface area contributed by atoms with Crippen LogP contribution in [0.25, 0.3) is 0 Å². The number of hydrazine groups is 1. The zero-order chi connectivity index (χ0) is 15.2. The zero-order valence-electron chi connectivity index (χ0n) is 12.1. The fourth-order valence-corrected chi connectivity index (χ4v) is 2.76. The van der Waals surface area contributed by atoms with Gasteiger partial charge in [0, 0.05) is 12.4 Å². The first-order chi connectivity index (χ1) is 10.1. The molecule has 1 fully saturated rings. The van der Waals surface area contributed by atoms with E-state index in [-0.39, 0.29) is 5.92 Å². The van der Waals surface area contributed by atoms with Crippen molar-refractivity contribution in [2.75, 3.05) is 5.43 Å². The van der Waals surface area contributed by atoms with Gasteiger partial charge in [-0.05, 0) is 24.7 Å². The monoisotopic (exact) mass is 291 g/mol. The number of nitrogens with two attached hydrogens (primary N) is 1. The summed E-state index contributed by atoms with van der Waals surface area (Å²) in [5.41, 5.74) is 10.6. The van der Waals surface area contributed by atoms with E-state index in [1.165, 1.54) is 18.6 Å². The Hall–Kier alpha value is -2.18. The van der Waals surface area contributed by atoms with Gasteiger partial charge in [0.15, 0.2) is 5.82 Å². The molecule has 2 amide bonds. The van der Waals surface area contributed by atoms with E-state index in [1.807, 2.05) is 0 Å². The predicted octanol–water partition coefficient (Wildman–Crippen LogP) is 0.847. The molecule has 0 radical (unpaired) electrons. The molecule has 1 aromatic heterocycles. The van der Waals surface area contributed by atoms with E-state index in [2.05, 4.69) is 27.7 Å². The Morgan fingerprint density at radius 1 is 1.29 bits per heavy atom. The summed E-state index contributed by atoms with van der Waals surface area (Å²) in [7, 11) is 0. The minimum atomic E-state index is -0.804. The minimum Gasteiger partial charge on any atom is -0.369 e. The van der Waals surface area contributed by atoms with Crippen LogP contribution in [0.3, 0.4) is 0 Å². The predicted molar refractivity (Wildman–Crippen MR) is 77.6 cm³/mol. The molecule has 7 heteroatoms. The van der Waals surface area contributed by atoms with Crippen LogP contribution in [-0.2, 0) is 9.59 Å². The number of nitrogens with zero attached hydrogens (tertiary/aromatic N) is 2. The number of anilines is 1. The number of amides is 2.